The van der Waals surface area contributed by atoms with E-state index in [1.54, 1.807) is 7.11 Å². The molecule has 0 N–H and O–H groups in total. The topological polar surface area (TPSA) is 18.5 Å². The van der Waals surface area contributed by atoms with Crippen LogP contribution in [0.2, 0.25) is 0 Å². The molecule has 2 aromatic carbocycles. The van der Waals surface area contributed by atoms with Crippen LogP contribution in [0.25, 0.3) is 0 Å². The van der Waals surface area contributed by atoms with E-state index in [-0.39, 0.29) is 5.41 Å². The zero-order valence-electron chi connectivity index (χ0n) is 14.8. The summed E-state index contributed by atoms with van der Waals surface area (Å²) in [7, 11) is 1.74. The molecule has 0 aliphatic heterocycles. The molecular formula is C21H28O2. The van der Waals surface area contributed by atoms with Crippen LogP contribution in [-0.4, -0.2) is 20.3 Å². The van der Waals surface area contributed by atoms with Gasteiger partial charge in [0.05, 0.1) is 13.2 Å². The molecule has 0 aromatic heterocycles. The first-order valence-corrected chi connectivity index (χ1v) is 8.39. The monoisotopic (exact) mass is 312 g/mol. The van der Waals surface area contributed by atoms with E-state index in [2.05, 4.69) is 69.3 Å². The van der Waals surface area contributed by atoms with E-state index < -0.39 is 0 Å². The van der Waals surface area contributed by atoms with Crippen molar-refractivity contribution in [2.24, 2.45) is 0 Å². The molecule has 2 heteroatoms. The zero-order chi connectivity index (χ0) is 16.7. The van der Waals surface area contributed by atoms with E-state index in [1.165, 1.54) is 16.7 Å². The van der Waals surface area contributed by atoms with Crippen molar-refractivity contribution in [1.29, 1.82) is 0 Å². The van der Waals surface area contributed by atoms with E-state index in [1.807, 2.05) is 0 Å². The van der Waals surface area contributed by atoms with Gasteiger partial charge in [-0.3, -0.25) is 0 Å². The molecule has 2 rings (SSSR count). The first kappa shape index (κ1) is 17.6. The van der Waals surface area contributed by atoms with Gasteiger partial charge < -0.3 is 9.47 Å². The van der Waals surface area contributed by atoms with Crippen LogP contribution in [0.4, 0.5) is 0 Å². The minimum absolute atomic E-state index is 0.0247. The van der Waals surface area contributed by atoms with E-state index in [0.29, 0.717) is 0 Å². The van der Waals surface area contributed by atoms with Crippen LogP contribution in [0, 0.1) is 0 Å². The van der Waals surface area contributed by atoms with Gasteiger partial charge in [0.25, 0.3) is 0 Å². The minimum atomic E-state index is -0.0247. The second kappa shape index (κ2) is 8.16. The van der Waals surface area contributed by atoms with Gasteiger partial charge in [-0.2, -0.15) is 0 Å². The third-order valence-corrected chi connectivity index (χ3v) is 4.32. The normalized spacial score (nSPS) is 11.5. The highest BCUT2D eigenvalue weighted by atomic mass is 16.5. The van der Waals surface area contributed by atoms with Crippen molar-refractivity contribution >= 4 is 0 Å². The van der Waals surface area contributed by atoms with Crippen molar-refractivity contribution in [3.8, 4) is 5.75 Å². The fraction of sp³-hybridized carbons (Fsp3) is 0.429. The summed E-state index contributed by atoms with van der Waals surface area (Å²) in [5.74, 6) is 0.946. The lowest BCUT2D eigenvalue weighted by Crippen LogP contribution is -2.18. The average Bonchev–Trinajstić information content (AvgIpc) is 2.59. The Labute approximate surface area is 140 Å². The summed E-state index contributed by atoms with van der Waals surface area (Å²) in [6.45, 7) is 8.18. The molecule has 0 heterocycles. The molecule has 0 saturated carbocycles. The van der Waals surface area contributed by atoms with E-state index in [0.717, 1.165) is 31.8 Å². The Hall–Kier alpha value is -1.80. The molecule has 0 saturated heterocycles. The third-order valence-electron chi connectivity index (χ3n) is 4.32. The smallest absolute Gasteiger partial charge is 0.119 e. The SMILES string of the molecule is CCCOc1ccc(C(C)(C)c2ccc(CCOC)cc2)cc1. The molecule has 0 amide bonds. The van der Waals surface area contributed by atoms with Crippen molar-refractivity contribution in [2.45, 2.75) is 39.0 Å². The predicted molar refractivity (Wildman–Crippen MR) is 96.4 cm³/mol. The first-order chi connectivity index (χ1) is 11.1. The summed E-state index contributed by atoms with van der Waals surface area (Å²) in [6, 6.07) is 17.3. The van der Waals surface area contributed by atoms with Crippen molar-refractivity contribution in [2.75, 3.05) is 20.3 Å². The maximum atomic E-state index is 5.67. The molecule has 2 nitrogen and oxygen atoms in total. The molecule has 0 bridgehead atoms. The van der Waals surface area contributed by atoms with E-state index in [4.69, 9.17) is 9.47 Å². The number of methoxy groups -OCH3 is 1. The zero-order valence-corrected chi connectivity index (χ0v) is 14.8. The molecular weight excluding hydrogens is 284 g/mol. The van der Waals surface area contributed by atoms with Gasteiger partial charge in [0.1, 0.15) is 5.75 Å². The summed E-state index contributed by atoms with van der Waals surface area (Å²) in [6.07, 6.45) is 1.99. The Morgan fingerprint density at radius 3 is 1.91 bits per heavy atom. The van der Waals surface area contributed by atoms with Gasteiger partial charge in [-0.25, -0.2) is 0 Å². The second-order valence-electron chi connectivity index (χ2n) is 6.44. The fourth-order valence-corrected chi connectivity index (χ4v) is 2.66. The van der Waals surface area contributed by atoms with Crippen LogP contribution in [-0.2, 0) is 16.6 Å². The molecule has 0 aliphatic carbocycles. The van der Waals surface area contributed by atoms with Gasteiger partial charge >= 0.3 is 0 Å². The van der Waals surface area contributed by atoms with Crippen LogP contribution >= 0.6 is 0 Å². The number of benzene rings is 2. The summed E-state index contributed by atoms with van der Waals surface area (Å²) in [4.78, 5) is 0. The highest BCUT2D eigenvalue weighted by Crippen LogP contribution is 2.32. The lowest BCUT2D eigenvalue weighted by Gasteiger charge is -2.26. The van der Waals surface area contributed by atoms with E-state index in [9.17, 15) is 0 Å². The van der Waals surface area contributed by atoms with Crippen molar-refractivity contribution in [3.05, 3.63) is 65.2 Å². The summed E-state index contributed by atoms with van der Waals surface area (Å²) in [5, 5.41) is 0. The molecule has 2 aromatic rings. The number of hydrogen-bond donors (Lipinski definition) is 0. The van der Waals surface area contributed by atoms with Crippen LogP contribution < -0.4 is 4.74 Å². The molecule has 0 unspecified atom stereocenters. The molecule has 23 heavy (non-hydrogen) atoms. The quantitative estimate of drug-likeness (QED) is 0.683. The Morgan fingerprint density at radius 2 is 1.39 bits per heavy atom. The Morgan fingerprint density at radius 1 is 0.826 bits per heavy atom. The van der Waals surface area contributed by atoms with Gasteiger partial charge in [-0.15, -0.1) is 0 Å². The largest absolute Gasteiger partial charge is 0.494 e. The molecule has 0 radical (unpaired) electrons. The number of hydrogen-bond acceptors (Lipinski definition) is 2. The minimum Gasteiger partial charge on any atom is -0.494 e. The van der Waals surface area contributed by atoms with Gasteiger partial charge in [0.2, 0.25) is 0 Å². The highest BCUT2D eigenvalue weighted by Gasteiger charge is 2.22. The molecule has 0 spiro atoms. The first-order valence-electron chi connectivity index (χ1n) is 8.39. The van der Waals surface area contributed by atoms with Crippen molar-refractivity contribution in [3.63, 3.8) is 0 Å². The highest BCUT2D eigenvalue weighted by molar-refractivity contribution is 5.40. The summed E-state index contributed by atoms with van der Waals surface area (Å²) in [5.41, 5.74) is 3.91. The summed E-state index contributed by atoms with van der Waals surface area (Å²) >= 11 is 0. The van der Waals surface area contributed by atoms with Gasteiger partial charge in [-0.05, 0) is 41.7 Å². The van der Waals surface area contributed by atoms with Crippen LogP contribution in [0.15, 0.2) is 48.5 Å². The maximum Gasteiger partial charge on any atom is 0.119 e. The lowest BCUT2D eigenvalue weighted by atomic mass is 9.78. The van der Waals surface area contributed by atoms with Gasteiger partial charge in [0, 0.05) is 12.5 Å². The van der Waals surface area contributed by atoms with Crippen LogP contribution in [0.1, 0.15) is 43.9 Å². The third kappa shape index (κ3) is 4.59. The lowest BCUT2D eigenvalue weighted by molar-refractivity contribution is 0.202. The fourth-order valence-electron chi connectivity index (χ4n) is 2.66. The van der Waals surface area contributed by atoms with Crippen molar-refractivity contribution in [1.82, 2.24) is 0 Å². The average molecular weight is 312 g/mol. The van der Waals surface area contributed by atoms with E-state index >= 15 is 0 Å². The summed E-state index contributed by atoms with van der Waals surface area (Å²) < 4.78 is 10.8. The van der Waals surface area contributed by atoms with Gasteiger partial charge in [-0.1, -0.05) is 57.2 Å². The Balaban J connectivity index is 2.13. The predicted octanol–water partition coefficient (Wildman–Crippen LogP) is 4.99. The molecule has 124 valence electrons. The molecule has 0 aliphatic rings. The number of rotatable bonds is 8. The Bertz CT molecular complexity index is 529. The van der Waals surface area contributed by atoms with Gasteiger partial charge in [0.15, 0.2) is 0 Å². The molecule has 0 atom stereocenters. The standard InChI is InChI=1S/C21H28O2/c1-5-15-23-20-12-10-19(11-13-20)21(2,3)18-8-6-17(7-9-18)14-16-22-4/h6-13H,5,14-16H2,1-4H3. The maximum absolute atomic E-state index is 5.67. The van der Waals surface area contributed by atoms with Crippen molar-refractivity contribution < 1.29 is 9.47 Å². The van der Waals surface area contributed by atoms with Crippen LogP contribution in [0.3, 0.4) is 0 Å². The van der Waals surface area contributed by atoms with Crippen LogP contribution in [0.5, 0.6) is 5.75 Å². The Kier molecular flexibility index (Phi) is 6.23. The second-order valence-corrected chi connectivity index (χ2v) is 6.44. The molecule has 0 fully saturated rings. The number of ether oxygens (including phenoxy) is 2.